The zero-order valence-electron chi connectivity index (χ0n) is 16.4. The summed E-state index contributed by atoms with van der Waals surface area (Å²) in [4.78, 5) is 0. The minimum atomic E-state index is -0.348. The van der Waals surface area contributed by atoms with Crippen LogP contribution in [-0.2, 0) is 0 Å². The first kappa shape index (κ1) is 22.7. The van der Waals surface area contributed by atoms with Crippen LogP contribution in [0.25, 0.3) is 0 Å². The molecule has 0 heterocycles. The number of phenolic OH excluding ortho intramolecular Hbond substituents is 1. The van der Waals surface area contributed by atoms with E-state index in [4.69, 9.17) is 4.74 Å². The van der Waals surface area contributed by atoms with E-state index in [1.54, 1.807) is 0 Å². The molecular formula is C22H38O2Te. The molecule has 0 aliphatic heterocycles. The van der Waals surface area contributed by atoms with Crippen molar-refractivity contribution in [1.82, 2.24) is 0 Å². The maximum absolute atomic E-state index is 10.2. The van der Waals surface area contributed by atoms with Crippen LogP contribution in [0.3, 0.4) is 0 Å². The van der Waals surface area contributed by atoms with Crippen molar-refractivity contribution in [2.75, 3.05) is 6.61 Å². The summed E-state index contributed by atoms with van der Waals surface area (Å²) < 4.78 is 8.41. The molecule has 0 fully saturated rings. The Morgan fingerprint density at radius 1 is 0.800 bits per heavy atom. The number of hydrogen-bond acceptors (Lipinski definition) is 2. The third-order valence-corrected chi connectivity index (χ3v) is 7.86. The average molecular weight is 462 g/mol. The Bertz CT molecular complexity index is 434. The van der Waals surface area contributed by atoms with Gasteiger partial charge in [0.25, 0.3) is 0 Å². The summed E-state index contributed by atoms with van der Waals surface area (Å²) in [5.74, 6) is 1.40. The summed E-state index contributed by atoms with van der Waals surface area (Å²) >= 11 is -0.348. The van der Waals surface area contributed by atoms with E-state index in [-0.39, 0.29) is 20.9 Å². The molecule has 1 aromatic carbocycles. The normalized spacial score (nSPS) is 11.0. The Labute approximate surface area is 165 Å². The average Bonchev–Trinajstić information content (AvgIpc) is 2.62. The van der Waals surface area contributed by atoms with Crippen molar-refractivity contribution in [1.29, 1.82) is 0 Å². The molecule has 25 heavy (non-hydrogen) atoms. The fourth-order valence-corrected chi connectivity index (χ4v) is 5.85. The van der Waals surface area contributed by atoms with Crippen LogP contribution in [0.2, 0.25) is 4.47 Å². The molecule has 0 bridgehead atoms. The third kappa shape index (κ3) is 11.0. The molecule has 0 aliphatic carbocycles. The second kappa shape index (κ2) is 15.8. The summed E-state index contributed by atoms with van der Waals surface area (Å²) in [6.45, 7) is 5.30. The zero-order valence-corrected chi connectivity index (χ0v) is 18.7. The quantitative estimate of drug-likeness (QED) is 0.233. The van der Waals surface area contributed by atoms with Gasteiger partial charge in [0, 0.05) is 0 Å². The summed E-state index contributed by atoms with van der Waals surface area (Å²) in [5, 5.41) is 10.2. The van der Waals surface area contributed by atoms with Gasteiger partial charge in [-0.25, -0.2) is 0 Å². The van der Waals surface area contributed by atoms with Crippen LogP contribution in [0.4, 0.5) is 0 Å². The van der Waals surface area contributed by atoms with E-state index in [9.17, 15) is 5.11 Å². The second-order valence-electron chi connectivity index (χ2n) is 6.84. The van der Waals surface area contributed by atoms with Gasteiger partial charge >= 0.3 is 166 Å². The van der Waals surface area contributed by atoms with E-state index in [1.165, 1.54) is 75.1 Å². The Balaban J connectivity index is 2.26. The second-order valence-corrected chi connectivity index (χ2v) is 9.99. The summed E-state index contributed by atoms with van der Waals surface area (Å²) in [6.07, 6.45) is 15.7. The van der Waals surface area contributed by atoms with Crippen LogP contribution < -0.4 is 8.35 Å². The van der Waals surface area contributed by atoms with Crippen LogP contribution in [0.1, 0.15) is 90.9 Å². The molecule has 144 valence electrons. The van der Waals surface area contributed by atoms with E-state index in [2.05, 4.69) is 13.8 Å². The molecule has 0 unspecified atom stereocenters. The number of phenols is 1. The molecule has 0 spiro atoms. The number of unbranched alkanes of at least 4 members (excludes halogenated alkanes) is 10. The molecular weight excluding hydrogens is 424 g/mol. The van der Waals surface area contributed by atoms with Crippen molar-refractivity contribution >= 4 is 24.5 Å². The summed E-state index contributed by atoms with van der Waals surface area (Å²) in [7, 11) is 0. The monoisotopic (exact) mass is 464 g/mol. The van der Waals surface area contributed by atoms with Crippen LogP contribution in [-0.4, -0.2) is 32.6 Å². The van der Waals surface area contributed by atoms with E-state index in [1.807, 2.05) is 18.2 Å². The SMILES string of the molecule is CCCCCCCCOc1cccc(O)c1[Te]CCCCCCCC. The van der Waals surface area contributed by atoms with Crippen molar-refractivity contribution in [2.24, 2.45) is 0 Å². The summed E-state index contributed by atoms with van der Waals surface area (Å²) in [5.41, 5.74) is 0. The number of ether oxygens (including phenoxy) is 1. The predicted molar refractivity (Wildman–Crippen MR) is 111 cm³/mol. The molecule has 1 aromatic rings. The van der Waals surface area contributed by atoms with E-state index in [0.29, 0.717) is 5.75 Å². The van der Waals surface area contributed by atoms with Gasteiger partial charge in [-0.1, -0.05) is 0 Å². The van der Waals surface area contributed by atoms with Crippen molar-refractivity contribution < 1.29 is 9.84 Å². The number of rotatable bonds is 16. The Kier molecular flexibility index (Phi) is 14.3. The standard InChI is InChI=1S/C22H38O2Te/c1-3-5-7-9-11-13-18-24-21-17-15-16-20(23)22(21)25-19-14-12-10-8-6-4-2/h15-17,23H,3-14,18-19H2,1-2H3. The van der Waals surface area contributed by atoms with E-state index < -0.39 is 0 Å². The molecule has 0 amide bonds. The molecule has 2 nitrogen and oxygen atoms in total. The number of benzene rings is 1. The van der Waals surface area contributed by atoms with E-state index in [0.717, 1.165) is 22.4 Å². The van der Waals surface area contributed by atoms with Crippen LogP contribution in [0.5, 0.6) is 11.5 Å². The molecule has 1 rings (SSSR count). The van der Waals surface area contributed by atoms with Gasteiger partial charge in [-0.05, 0) is 0 Å². The first-order valence-corrected chi connectivity index (χ1v) is 13.2. The van der Waals surface area contributed by atoms with Crippen molar-refractivity contribution in [3.05, 3.63) is 18.2 Å². The van der Waals surface area contributed by atoms with Crippen molar-refractivity contribution in [2.45, 2.75) is 95.4 Å². The molecule has 3 heteroatoms. The fraction of sp³-hybridized carbons (Fsp3) is 0.727. The molecule has 0 radical (unpaired) electrons. The molecule has 1 N–H and O–H groups in total. The molecule has 0 aliphatic rings. The fourth-order valence-electron chi connectivity index (χ4n) is 2.88. The topological polar surface area (TPSA) is 29.5 Å². The van der Waals surface area contributed by atoms with Gasteiger partial charge in [0.1, 0.15) is 0 Å². The van der Waals surface area contributed by atoms with Crippen molar-refractivity contribution in [3.63, 3.8) is 0 Å². The zero-order chi connectivity index (χ0) is 18.2. The minimum absolute atomic E-state index is 0.348. The number of hydrogen-bond donors (Lipinski definition) is 1. The van der Waals surface area contributed by atoms with Gasteiger partial charge in [-0.2, -0.15) is 0 Å². The predicted octanol–water partition coefficient (Wildman–Crippen LogP) is 6.24. The maximum atomic E-state index is 10.2. The molecule has 0 aromatic heterocycles. The molecule has 0 atom stereocenters. The van der Waals surface area contributed by atoms with Gasteiger partial charge in [0.15, 0.2) is 0 Å². The van der Waals surface area contributed by atoms with Gasteiger partial charge in [-0.3, -0.25) is 0 Å². The Morgan fingerprint density at radius 2 is 1.40 bits per heavy atom. The number of aromatic hydroxyl groups is 1. The first-order chi connectivity index (χ1) is 12.3. The van der Waals surface area contributed by atoms with Crippen LogP contribution >= 0.6 is 0 Å². The van der Waals surface area contributed by atoms with E-state index >= 15 is 0 Å². The van der Waals surface area contributed by atoms with Gasteiger partial charge in [0.2, 0.25) is 0 Å². The summed E-state index contributed by atoms with van der Waals surface area (Å²) in [6, 6.07) is 5.77. The molecule has 0 saturated heterocycles. The van der Waals surface area contributed by atoms with Crippen LogP contribution in [0.15, 0.2) is 18.2 Å². The molecule has 0 saturated carbocycles. The van der Waals surface area contributed by atoms with Crippen molar-refractivity contribution in [3.8, 4) is 11.5 Å². The Hall–Kier alpha value is -0.390. The van der Waals surface area contributed by atoms with Gasteiger partial charge in [-0.15, -0.1) is 0 Å². The third-order valence-electron chi connectivity index (χ3n) is 4.46. The first-order valence-electron chi connectivity index (χ1n) is 10.4. The Morgan fingerprint density at radius 3 is 2.08 bits per heavy atom. The van der Waals surface area contributed by atoms with Gasteiger partial charge < -0.3 is 0 Å². The van der Waals surface area contributed by atoms with Crippen LogP contribution in [0, 0.1) is 0 Å². The van der Waals surface area contributed by atoms with Gasteiger partial charge in [0.05, 0.1) is 0 Å².